The average Bonchev–Trinajstić information content (AvgIpc) is 2.41. The first-order chi connectivity index (χ1) is 8.61. The Morgan fingerprint density at radius 3 is 2.72 bits per heavy atom. The normalized spacial score (nSPS) is 9.78. The fourth-order valence-electron chi connectivity index (χ4n) is 1.63. The number of aromatic nitrogens is 1. The minimum atomic E-state index is 0.265. The Morgan fingerprint density at radius 1 is 1.33 bits per heavy atom. The minimum Gasteiger partial charge on any atom is -0.398 e. The summed E-state index contributed by atoms with van der Waals surface area (Å²) in [5.74, 6) is 0. The second-order valence-electron chi connectivity index (χ2n) is 4.01. The van der Waals surface area contributed by atoms with Crippen LogP contribution in [0.4, 0.5) is 5.69 Å². The summed E-state index contributed by atoms with van der Waals surface area (Å²) in [6, 6.07) is 10.8. The molecule has 0 aliphatic carbocycles. The van der Waals surface area contributed by atoms with Gasteiger partial charge in [0.05, 0.1) is 17.0 Å². The summed E-state index contributed by atoms with van der Waals surface area (Å²) in [4.78, 5) is 4.09. The van der Waals surface area contributed by atoms with Gasteiger partial charge < -0.3 is 5.73 Å². The first-order valence-corrected chi connectivity index (χ1v) is 5.43. The van der Waals surface area contributed by atoms with Gasteiger partial charge in [-0.1, -0.05) is 11.6 Å². The van der Waals surface area contributed by atoms with Crippen molar-refractivity contribution in [1.29, 1.82) is 10.7 Å². The predicted molar refractivity (Wildman–Crippen MR) is 70.5 cm³/mol. The molecule has 4 heteroatoms. The Bertz CT molecular complexity index is 636. The Hall–Kier alpha value is -2.67. The molecule has 0 bridgehead atoms. The van der Waals surface area contributed by atoms with Crippen LogP contribution in [-0.4, -0.2) is 10.7 Å². The summed E-state index contributed by atoms with van der Waals surface area (Å²) in [7, 11) is 0. The molecule has 0 saturated heterocycles. The number of nitrogens with one attached hydrogen (secondary N) is 1. The molecule has 0 aliphatic heterocycles. The molecule has 88 valence electrons. The maximum Gasteiger partial charge on any atom is 0.101 e. The Labute approximate surface area is 105 Å². The molecule has 18 heavy (non-hydrogen) atoms. The molecule has 0 spiro atoms. The third kappa shape index (κ3) is 2.20. The summed E-state index contributed by atoms with van der Waals surface area (Å²) in [6.45, 7) is 1.95. The van der Waals surface area contributed by atoms with E-state index in [0.29, 0.717) is 22.5 Å². The van der Waals surface area contributed by atoms with Gasteiger partial charge in [-0.2, -0.15) is 5.26 Å². The number of rotatable bonds is 2. The first-order valence-electron chi connectivity index (χ1n) is 5.43. The van der Waals surface area contributed by atoms with Crippen LogP contribution in [0.5, 0.6) is 0 Å². The smallest absolute Gasteiger partial charge is 0.101 e. The maximum absolute atomic E-state index is 8.70. The summed E-state index contributed by atoms with van der Waals surface area (Å²) >= 11 is 0. The van der Waals surface area contributed by atoms with Crippen molar-refractivity contribution >= 4 is 11.4 Å². The number of nitrogens with two attached hydrogens (primary N) is 1. The van der Waals surface area contributed by atoms with Gasteiger partial charge in [0.2, 0.25) is 0 Å². The lowest BCUT2D eigenvalue weighted by atomic mass is 10.0. The van der Waals surface area contributed by atoms with Gasteiger partial charge in [-0.3, -0.25) is 10.4 Å². The molecule has 0 atom stereocenters. The molecule has 4 nitrogen and oxygen atoms in total. The van der Waals surface area contributed by atoms with Crippen molar-refractivity contribution in [1.82, 2.24) is 4.98 Å². The van der Waals surface area contributed by atoms with E-state index in [4.69, 9.17) is 16.4 Å². The highest BCUT2D eigenvalue weighted by atomic mass is 14.7. The highest BCUT2D eigenvalue weighted by molar-refractivity contribution is 6.12. The van der Waals surface area contributed by atoms with Gasteiger partial charge in [-0.15, -0.1) is 0 Å². The van der Waals surface area contributed by atoms with E-state index >= 15 is 0 Å². The van der Waals surface area contributed by atoms with E-state index in [2.05, 4.69) is 4.98 Å². The summed E-state index contributed by atoms with van der Waals surface area (Å²) in [6.07, 6.45) is 1.45. The molecule has 1 aromatic heterocycles. The third-order valence-corrected chi connectivity index (χ3v) is 2.63. The lowest BCUT2D eigenvalue weighted by Gasteiger charge is -2.08. The number of pyridine rings is 1. The van der Waals surface area contributed by atoms with Crippen LogP contribution in [0, 0.1) is 23.7 Å². The van der Waals surface area contributed by atoms with Crippen LogP contribution in [-0.2, 0) is 0 Å². The molecule has 3 N–H and O–H groups in total. The average molecular weight is 236 g/mol. The second kappa shape index (κ2) is 4.68. The largest absolute Gasteiger partial charge is 0.398 e. The highest BCUT2D eigenvalue weighted by Gasteiger charge is 2.09. The molecular formula is C14H12N4. The molecule has 0 aliphatic rings. The molecule has 0 unspecified atom stereocenters. The van der Waals surface area contributed by atoms with Crippen molar-refractivity contribution in [2.24, 2.45) is 0 Å². The van der Waals surface area contributed by atoms with Crippen molar-refractivity contribution in [2.75, 3.05) is 5.73 Å². The molecular weight excluding hydrogens is 224 g/mol. The number of aryl methyl sites for hydroxylation is 1. The van der Waals surface area contributed by atoms with Crippen LogP contribution in [0.1, 0.15) is 22.4 Å². The first kappa shape index (κ1) is 11.8. The molecule has 2 rings (SSSR count). The van der Waals surface area contributed by atoms with Gasteiger partial charge >= 0.3 is 0 Å². The number of hydrogen-bond acceptors (Lipinski definition) is 4. The van der Waals surface area contributed by atoms with E-state index in [1.807, 2.05) is 25.1 Å². The third-order valence-electron chi connectivity index (χ3n) is 2.63. The van der Waals surface area contributed by atoms with Crippen LogP contribution in [0.2, 0.25) is 0 Å². The van der Waals surface area contributed by atoms with E-state index in [0.717, 1.165) is 5.56 Å². The number of hydrogen-bond donors (Lipinski definition) is 2. The quantitative estimate of drug-likeness (QED) is 0.619. The monoisotopic (exact) mass is 236 g/mol. The van der Waals surface area contributed by atoms with Crippen LogP contribution in [0.3, 0.4) is 0 Å². The van der Waals surface area contributed by atoms with Gasteiger partial charge in [0.1, 0.15) is 6.07 Å². The number of nitrogen functional groups attached to an aromatic ring is 1. The maximum atomic E-state index is 8.70. The number of anilines is 1. The summed E-state index contributed by atoms with van der Waals surface area (Å²) in [5, 5.41) is 16.8. The number of nitrogens with zero attached hydrogens (tertiary/aromatic N) is 2. The lowest BCUT2D eigenvalue weighted by Crippen LogP contribution is -2.07. The summed E-state index contributed by atoms with van der Waals surface area (Å²) in [5.41, 5.74) is 9.36. The molecule has 2 aromatic rings. The second-order valence-corrected chi connectivity index (χ2v) is 4.01. The van der Waals surface area contributed by atoms with Gasteiger partial charge in [0.25, 0.3) is 0 Å². The minimum absolute atomic E-state index is 0.265. The van der Waals surface area contributed by atoms with E-state index in [1.54, 1.807) is 18.2 Å². The highest BCUT2D eigenvalue weighted by Crippen LogP contribution is 2.17. The van der Waals surface area contributed by atoms with Crippen molar-refractivity contribution in [3.8, 4) is 6.07 Å². The Kier molecular flexibility index (Phi) is 3.07. The topological polar surface area (TPSA) is 86.5 Å². The molecule has 0 radical (unpaired) electrons. The van der Waals surface area contributed by atoms with Crippen molar-refractivity contribution in [3.05, 3.63) is 58.9 Å². The molecule has 1 heterocycles. The van der Waals surface area contributed by atoms with Crippen LogP contribution < -0.4 is 5.73 Å². The molecule has 1 aromatic carbocycles. The van der Waals surface area contributed by atoms with Crippen LogP contribution in [0.15, 0.2) is 36.5 Å². The predicted octanol–water partition coefficient (Wildman–Crippen LogP) is 2.26. The zero-order valence-electron chi connectivity index (χ0n) is 9.94. The molecule has 0 fully saturated rings. The van der Waals surface area contributed by atoms with Gasteiger partial charge in [0.15, 0.2) is 0 Å². The summed E-state index contributed by atoms with van der Waals surface area (Å²) < 4.78 is 0. The van der Waals surface area contributed by atoms with Crippen LogP contribution >= 0.6 is 0 Å². The fraction of sp³-hybridized carbons (Fsp3) is 0.0714. The Morgan fingerprint density at radius 2 is 2.11 bits per heavy atom. The zero-order valence-corrected chi connectivity index (χ0v) is 9.94. The SMILES string of the molecule is Cc1ccc(N)c(C(=N)c2ccc(C#N)cn2)c1. The molecule has 0 amide bonds. The Balaban J connectivity index is 2.41. The number of benzene rings is 1. The zero-order chi connectivity index (χ0) is 13.1. The van der Waals surface area contributed by atoms with E-state index in [1.165, 1.54) is 6.20 Å². The van der Waals surface area contributed by atoms with Crippen LogP contribution in [0.25, 0.3) is 0 Å². The molecule has 0 saturated carbocycles. The lowest BCUT2D eigenvalue weighted by molar-refractivity contribution is 1.25. The van der Waals surface area contributed by atoms with Crippen molar-refractivity contribution in [3.63, 3.8) is 0 Å². The fourth-order valence-corrected chi connectivity index (χ4v) is 1.63. The van der Waals surface area contributed by atoms with Gasteiger partial charge in [-0.05, 0) is 31.2 Å². The number of nitriles is 1. The van der Waals surface area contributed by atoms with E-state index < -0.39 is 0 Å². The van der Waals surface area contributed by atoms with Gasteiger partial charge in [0, 0.05) is 17.4 Å². The van der Waals surface area contributed by atoms with E-state index in [9.17, 15) is 0 Å². The van der Waals surface area contributed by atoms with Crippen molar-refractivity contribution < 1.29 is 0 Å². The van der Waals surface area contributed by atoms with Crippen molar-refractivity contribution in [2.45, 2.75) is 6.92 Å². The van der Waals surface area contributed by atoms with Gasteiger partial charge in [-0.25, -0.2) is 0 Å². The standard InChI is InChI=1S/C14H12N4/c1-9-2-4-12(16)11(6-9)14(17)13-5-3-10(7-15)8-18-13/h2-6,8,17H,16H2,1H3. The van der Waals surface area contributed by atoms with E-state index in [-0.39, 0.29) is 5.71 Å².